The highest BCUT2D eigenvalue weighted by Gasteiger charge is 2.12. The van der Waals surface area contributed by atoms with Crippen LogP contribution in [0.2, 0.25) is 5.02 Å². The van der Waals surface area contributed by atoms with Crippen LogP contribution in [0.15, 0.2) is 12.1 Å². The maximum absolute atomic E-state index is 11.9. The van der Waals surface area contributed by atoms with Crippen molar-refractivity contribution in [2.75, 3.05) is 13.2 Å². The minimum atomic E-state index is -1.27. The predicted octanol–water partition coefficient (Wildman–Crippen LogP) is 1.82. The van der Waals surface area contributed by atoms with Crippen LogP contribution >= 0.6 is 22.9 Å². The molecule has 1 heterocycles. The smallest absolute Gasteiger partial charge is 0.226 e. The van der Waals surface area contributed by atoms with Crippen molar-refractivity contribution in [3.05, 3.63) is 43.9 Å². The van der Waals surface area contributed by atoms with E-state index in [1.165, 1.54) is 0 Å². The molecule has 134 valence electrons. The second-order valence-electron chi connectivity index (χ2n) is 5.56. The lowest BCUT2D eigenvalue weighted by molar-refractivity contribution is -0.254. The zero-order valence-corrected chi connectivity index (χ0v) is 15.7. The highest BCUT2D eigenvalue weighted by atomic mass is 35.5. The molecule has 25 heavy (non-hydrogen) atoms. The number of hydrogen-bond donors (Lipinski definition) is 1. The van der Waals surface area contributed by atoms with Crippen LogP contribution in [0, 0.1) is 20.8 Å². The number of carbonyl (C=O) groups excluding carboxylic acids is 2. The first-order valence-electron chi connectivity index (χ1n) is 7.61. The van der Waals surface area contributed by atoms with Crippen LogP contribution < -0.4 is 15.2 Å². The number of carboxylic acid groups (broad SMARTS) is 1. The van der Waals surface area contributed by atoms with Gasteiger partial charge in [0, 0.05) is 5.02 Å². The summed E-state index contributed by atoms with van der Waals surface area (Å²) in [5.41, 5.74) is 2.23. The van der Waals surface area contributed by atoms with E-state index < -0.39 is 5.97 Å². The van der Waals surface area contributed by atoms with Gasteiger partial charge in [-0.25, -0.2) is 4.98 Å². The van der Waals surface area contributed by atoms with E-state index in [9.17, 15) is 14.7 Å². The van der Waals surface area contributed by atoms with Gasteiger partial charge in [-0.15, -0.1) is 11.3 Å². The summed E-state index contributed by atoms with van der Waals surface area (Å²) in [7, 11) is 0. The Bertz CT molecular complexity index is 781. The van der Waals surface area contributed by atoms with Crippen LogP contribution in [0.25, 0.3) is 0 Å². The topological polar surface area (TPSA) is 91.3 Å². The maximum atomic E-state index is 11.9. The highest BCUT2D eigenvalue weighted by Crippen LogP contribution is 2.25. The molecule has 2 rings (SSSR count). The Labute approximate surface area is 154 Å². The number of nitrogens with zero attached hydrogens (tertiary/aromatic N) is 1. The van der Waals surface area contributed by atoms with Gasteiger partial charge in [-0.05, 0) is 44.0 Å². The summed E-state index contributed by atoms with van der Waals surface area (Å²) in [6.45, 7) is 6.03. The minimum absolute atomic E-state index is 0.0257. The lowest BCUT2D eigenvalue weighted by atomic mass is 10.1. The van der Waals surface area contributed by atoms with Crippen molar-refractivity contribution in [1.29, 1.82) is 0 Å². The largest absolute Gasteiger partial charge is 0.544 e. The second-order valence-corrected chi connectivity index (χ2v) is 7.02. The molecule has 0 bridgehead atoms. The lowest BCUT2D eigenvalue weighted by Gasteiger charge is -2.10. The van der Waals surface area contributed by atoms with E-state index in [1.54, 1.807) is 6.92 Å². The van der Waals surface area contributed by atoms with E-state index in [4.69, 9.17) is 16.3 Å². The van der Waals surface area contributed by atoms with Gasteiger partial charge in [0.15, 0.2) is 0 Å². The van der Waals surface area contributed by atoms with Gasteiger partial charge >= 0.3 is 0 Å². The van der Waals surface area contributed by atoms with Crippen molar-refractivity contribution in [3.63, 3.8) is 0 Å². The molecule has 0 aliphatic heterocycles. The molecule has 0 aliphatic rings. The number of ether oxygens (including phenoxy) is 1. The number of aryl methyl sites for hydroxylation is 3. The number of benzene rings is 1. The highest BCUT2D eigenvalue weighted by molar-refractivity contribution is 7.13. The molecule has 1 aromatic heterocycles. The van der Waals surface area contributed by atoms with Gasteiger partial charge in [-0.1, -0.05) is 11.6 Å². The molecule has 8 heteroatoms. The summed E-state index contributed by atoms with van der Waals surface area (Å²) >= 11 is 7.06. The summed E-state index contributed by atoms with van der Waals surface area (Å²) in [4.78, 5) is 26.9. The number of hydrogen-bond acceptors (Lipinski definition) is 6. The zero-order valence-electron chi connectivity index (χ0n) is 14.1. The fraction of sp³-hybridized carbons (Fsp3) is 0.353. The average molecular weight is 382 g/mol. The van der Waals surface area contributed by atoms with E-state index in [0.717, 1.165) is 27.5 Å². The first-order chi connectivity index (χ1) is 11.8. The molecule has 2 aromatic rings. The summed E-state index contributed by atoms with van der Waals surface area (Å²) in [5, 5.41) is 14.7. The van der Waals surface area contributed by atoms with E-state index in [-0.39, 0.29) is 17.2 Å². The number of nitrogens with one attached hydrogen (secondary N) is 1. The molecule has 0 saturated heterocycles. The average Bonchev–Trinajstić information content (AvgIpc) is 2.89. The molecule has 0 atom stereocenters. The molecule has 0 saturated carbocycles. The molecule has 0 aliphatic carbocycles. The summed E-state index contributed by atoms with van der Waals surface area (Å²) in [6.07, 6.45) is 0.0257. The van der Waals surface area contributed by atoms with Crippen LogP contribution in [0.1, 0.15) is 31.5 Å². The third-order valence-corrected chi connectivity index (χ3v) is 5.17. The maximum Gasteiger partial charge on any atom is 0.226 e. The molecular formula is C17H18ClN2O4S-. The number of halogens is 1. The Balaban J connectivity index is 1.79. The normalized spacial score (nSPS) is 10.6. The minimum Gasteiger partial charge on any atom is -0.544 e. The standard InChI is InChI=1S/C17H19ClN2O4S/c1-9-6-12(7-10(2)15(9)18)24-5-4-19-13(21)8-14-20-11(3)16(25-14)17(22)23/h6-7H,4-5,8H2,1-3H3,(H,19,21)(H,22,23)/p-1. The van der Waals surface area contributed by atoms with Gasteiger partial charge in [0.1, 0.15) is 17.4 Å². The third kappa shape index (κ3) is 5.17. The van der Waals surface area contributed by atoms with Crippen molar-refractivity contribution in [2.45, 2.75) is 27.2 Å². The molecule has 0 fully saturated rings. The number of amides is 1. The Morgan fingerprint density at radius 1 is 1.28 bits per heavy atom. The number of aromatic carboxylic acids is 1. The van der Waals surface area contributed by atoms with Gasteiger partial charge in [-0.3, -0.25) is 4.79 Å². The van der Waals surface area contributed by atoms with E-state index >= 15 is 0 Å². The Kier molecular flexibility index (Phi) is 6.39. The number of rotatable bonds is 7. The summed E-state index contributed by atoms with van der Waals surface area (Å²) in [6, 6.07) is 3.69. The first-order valence-corrected chi connectivity index (χ1v) is 8.81. The fourth-order valence-electron chi connectivity index (χ4n) is 2.27. The van der Waals surface area contributed by atoms with Crippen LogP contribution in [0.4, 0.5) is 0 Å². The van der Waals surface area contributed by atoms with E-state index in [2.05, 4.69) is 10.3 Å². The van der Waals surface area contributed by atoms with Gasteiger partial charge in [-0.2, -0.15) is 0 Å². The first kappa shape index (κ1) is 19.2. The van der Waals surface area contributed by atoms with Crippen molar-refractivity contribution >= 4 is 34.8 Å². The van der Waals surface area contributed by atoms with Crippen molar-refractivity contribution in [3.8, 4) is 5.75 Å². The third-order valence-electron chi connectivity index (χ3n) is 3.44. The van der Waals surface area contributed by atoms with Gasteiger partial charge in [0.05, 0.1) is 29.5 Å². The monoisotopic (exact) mass is 381 g/mol. The van der Waals surface area contributed by atoms with Crippen LogP contribution in [-0.2, 0) is 11.2 Å². The molecule has 1 amide bonds. The molecule has 1 N–H and O–H groups in total. The number of thiazole rings is 1. The quantitative estimate of drug-likeness (QED) is 0.739. The molecule has 6 nitrogen and oxygen atoms in total. The van der Waals surface area contributed by atoms with Gasteiger partial charge in [0.2, 0.25) is 5.91 Å². The molecular weight excluding hydrogens is 364 g/mol. The molecule has 0 spiro atoms. The number of carbonyl (C=O) groups is 2. The van der Waals surface area contributed by atoms with Crippen LogP contribution in [-0.4, -0.2) is 30.0 Å². The Morgan fingerprint density at radius 2 is 1.92 bits per heavy atom. The van der Waals surface area contributed by atoms with Crippen LogP contribution in [0.3, 0.4) is 0 Å². The van der Waals surface area contributed by atoms with Crippen molar-refractivity contribution in [2.24, 2.45) is 0 Å². The Morgan fingerprint density at radius 3 is 2.48 bits per heavy atom. The van der Waals surface area contributed by atoms with Crippen molar-refractivity contribution < 1.29 is 19.4 Å². The van der Waals surface area contributed by atoms with Gasteiger partial charge in [0.25, 0.3) is 0 Å². The molecule has 0 unspecified atom stereocenters. The van der Waals surface area contributed by atoms with E-state index in [1.807, 2.05) is 26.0 Å². The summed E-state index contributed by atoms with van der Waals surface area (Å²) in [5.74, 6) is -0.822. The van der Waals surface area contributed by atoms with Crippen molar-refractivity contribution in [1.82, 2.24) is 10.3 Å². The zero-order chi connectivity index (χ0) is 18.6. The Hall–Kier alpha value is -2.12. The summed E-state index contributed by atoms with van der Waals surface area (Å²) < 4.78 is 5.61. The lowest BCUT2D eigenvalue weighted by Crippen LogP contribution is -2.29. The molecule has 0 radical (unpaired) electrons. The van der Waals surface area contributed by atoms with Crippen LogP contribution in [0.5, 0.6) is 5.75 Å². The second kappa shape index (κ2) is 8.31. The SMILES string of the molecule is Cc1cc(OCCNC(=O)Cc2nc(C)c(C(=O)[O-])s2)cc(C)c1Cl. The number of aromatic nitrogens is 1. The molecule has 1 aromatic carbocycles. The predicted molar refractivity (Wildman–Crippen MR) is 94.3 cm³/mol. The van der Waals surface area contributed by atoms with E-state index in [0.29, 0.717) is 29.6 Å². The van der Waals surface area contributed by atoms with Gasteiger partial charge < -0.3 is 20.0 Å². The fourth-order valence-corrected chi connectivity index (χ4v) is 3.27. The number of carboxylic acids is 1.